The highest BCUT2D eigenvalue weighted by molar-refractivity contribution is 9.08. The van der Waals surface area contributed by atoms with Crippen molar-refractivity contribution in [2.24, 2.45) is 0 Å². The first-order valence-electron chi connectivity index (χ1n) is 8.16. The van der Waals surface area contributed by atoms with Gasteiger partial charge in [-0.05, 0) is 44.5 Å². The maximum Gasteiger partial charge on any atom is 0.154 e. The lowest BCUT2D eigenvalue weighted by molar-refractivity contribution is 0.538. The van der Waals surface area contributed by atoms with E-state index in [0.29, 0.717) is 10.9 Å². The lowest BCUT2D eigenvalue weighted by Crippen LogP contribution is -2.39. The quantitative estimate of drug-likeness (QED) is 0.445. The van der Waals surface area contributed by atoms with Crippen LogP contribution in [0.25, 0.3) is 22.1 Å². The van der Waals surface area contributed by atoms with Crippen molar-refractivity contribution < 1.29 is 13.4 Å². The summed E-state index contributed by atoms with van der Waals surface area (Å²) >= 11 is 2.14. The van der Waals surface area contributed by atoms with E-state index in [1.54, 1.807) is 18.5 Å². The van der Waals surface area contributed by atoms with E-state index in [2.05, 4.69) is 25.6 Å². The summed E-state index contributed by atoms with van der Waals surface area (Å²) in [6.45, 7) is 5.68. The minimum absolute atomic E-state index is 0.101. The van der Waals surface area contributed by atoms with E-state index in [0.717, 1.165) is 22.1 Å². The Bertz CT molecular complexity index is 924. The minimum atomic E-state index is -1.29. The highest BCUT2D eigenvalue weighted by atomic mass is 79.9. The van der Waals surface area contributed by atoms with Gasteiger partial charge in [0.1, 0.15) is 10.3 Å². The summed E-state index contributed by atoms with van der Waals surface area (Å²) in [5.41, 5.74) is 3.23. The molecular weight excluding hydrogens is 419 g/mol. The van der Waals surface area contributed by atoms with E-state index in [9.17, 15) is 8.94 Å². The van der Waals surface area contributed by atoms with Gasteiger partial charge in [0.25, 0.3) is 0 Å². The lowest BCUT2D eigenvalue weighted by atomic mass is 10.0. The highest BCUT2D eigenvalue weighted by Gasteiger charge is 2.26. The van der Waals surface area contributed by atoms with Gasteiger partial charge >= 0.3 is 0 Å². The summed E-state index contributed by atoms with van der Waals surface area (Å²) in [5, 5.41) is 1.61. The van der Waals surface area contributed by atoms with E-state index >= 15 is 0 Å². The Balaban J connectivity index is 1.92. The fourth-order valence-corrected chi connectivity index (χ4v) is 3.67. The van der Waals surface area contributed by atoms with Crippen molar-refractivity contribution in [3.05, 3.63) is 53.8 Å². The van der Waals surface area contributed by atoms with Crippen LogP contribution in [0.15, 0.2) is 41.1 Å². The molecule has 0 amide bonds. The average Bonchev–Trinajstić information content (AvgIpc) is 3.02. The van der Waals surface area contributed by atoms with E-state index in [-0.39, 0.29) is 12.2 Å². The van der Waals surface area contributed by atoms with Crippen LogP contribution in [0.2, 0.25) is 0 Å². The number of halogens is 2. The molecule has 4 nitrogen and oxygen atoms in total. The van der Waals surface area contributed by atoms with Crippen molar-refractivity contribution in [2.75, 3.05) is 0 Å². The predicted octanol–water partition coefficient (Wildman–Crippen LogP) is 5.08. The van der Waals surface area contributed by atoms with Gasteiger partial charge in [-0.15, -0.1) is 4.72 Å². The zero-order valence-corrected chi connectivity index (χ0v) is 17.2. The van der Waals surface area contributed by atoms with Gasteiger partial charge in [-0.1, -0.05) is 22.0 Å². The number of fused-ring (bicyclic) bond motifs is 1. The number of rotatable bonds is 5. The van der Waals surface area contributed by atoms with Crippen molar-refractivity contribution in [3.8, 4) is 11.1 Å². The Morgan fingerprint density at radius 2 is 2.08 bits per heavy atom. The van der Waals surface area contributed by atoms with Gasteiger partial charge in [0.15, 0.2) is 5.82 Å². The molecule has 3 rings (SSSR count). The Morgan fingerprint density at radius 3 is 2.77 bits per heavy atom. The normalized spacial score (nSPS) is 13.3. The molecule has 0 fully saturated rings. The van der Waals surface area contributed by atoms with Crippen molar-refractivity contribution in [3.63, 3.8) is 0 Å². The predicted molar refractivity (Wildman–Crippen MR) is 107 cm³/mol. The summed E-state index contributed by atoms with van der Waals surface area (Å²) in [6, 6.07) is 7.23. The summed E-state index contributed by atoms with van der Waals surface area (Å²) in [7, 11) is 0. The van der Waals surface area contributed by atoms with Crippen LogP contribution in [-0.4, -0.2) is 14.3 Å². The van der Waals surface area contributed by atoms with Crippen LogP contribution in [0, 0.1) is 5.82 Å². The molecular formula is C19H20BrFN2O2S. The molecule has 1 unspecified atom stereocenters. The molecule has 0 spiro atoms. The Kier molecular flexibility index (Phi) is 5.72. The number of nitrogens with one attached hydrogen (secondary N) is 1. The average molecular weight is 439 g/mol. The zero-order chi connectivity index (χ0) is 18.9. The van der Waals surface area contributed by atoms with Crippen molar-refractivity contribution in [1.29, 1.82) is 0 Å². The monoisotopic (exact) mass is 438 g/mol. The topological polar surface area (TPSA) is 61.1 Å². The van der Waals surface area contributed by atoms with Crippen LogP contribution < -0.4 is 4.72 Å². The number of pyridine rings is 1. The number of furan rings is 1. The van der Waals surface area contributed by atoms with Gasteiger partial charge in [0.2, 0.25) is 0 Å². The van der Waals surface area contributed by atoms with Crippen LogP contribution in [0.4, 0.5) is 4.39 Å². The Hall–Kier alpha value is -1.41. The summed E-state index contributed by atoms with van der Waals surface area (Å²) in [6.07, 6.45) is 3.27. The van der Waals surface area contributed by atoms with Crippen LogP contribution in [0.1, 0.15) is 32.0 Å². The van der Waals surface area contributed by atoms with E-state index in [1.807, 2.05) is 39.0 Å². The summed E-state index contributed by atoms with van der Waals surface area (Å²) < 4.78 is 35.0. The third-order valence-corrected chi connectivity index (χ3v) is 6.12. The third-order valence-electron chi connectivity index (χ3n) is 4.00. The van der Waals surface area contributed by atoms with Gasteiger partial charge in [-0.2, -0.15) is 0 Å². The molecule has 26 heavy (non-hydrogen) atoms. The van der Waals surface area contributed by atoms with Crippen LogP contribution in [0.3, 0.4) is 0 Å². The van der Waals surface area contributed by atoms with Gasteiger partial charge in [-0.25, -0.2) is 4.39 Å². The first-order chi connectivity index (χ1) is 12.3. The standard InChI is InChI=1S/C19H20BrFN2O2S/c1-19(2,3)26(24)23-10-16-18(21)14(6-7-22-16)12-4-5-17-15(8-12)13(9-20)11-25-17/h4-8,11,23H,9-10H2,1-3H3. The molecule has 7 heteroatoms. The number of hydrogen-bond acceptors (Lipinski definition) is 4. The smallest absolute Gasteiger partial charge is 0.154 e. The van der Waals surface area contributed by atoms with Gasteiger partial charge in [0.05, 0.1) is 18.5 Å². The molecule has 0 saturated carbocycles. The van der Waals surface area contributed by atoms with E-state index < -0.39 is 21.9 Å². The van der Waals surface area contributed by atoms with E-state index in [1.165, 1.54) is 0 Å². The van der Waals surface area contributed by atoms with E-state index in [4.69, 9.17) is 4.42 Å². The fraction of sp³-hybridized carbons (Fsp3) is 0.316. The second-order valence-electron chi connectivity index (χ2n) is 6.93. The first kappa shape index (κ1) is 19.4. The molecule has 0 aliphatic carbocycles. The summed E-state index contributed by atoms with van der Waals surface area (Å²) in [4.78, 5) is 4.11. The van der Waals surface area contributed by atoms with Gasteiger partial charge in [0, 0.05) is 39.4 Å². The van der Waals surface area contributed by atoms with Gasteiger partial charge < -0.3 is 8.97 Å². The molecule has 0 aliphatic heterocycles. The molecule has 1 N–H and O–H groups in total. The molecule has 0 aliphatic rings. The molecule has 2 heterocycles. The largest absolute Gasteiger partial charge is 0.598 e. The second-order valence-corrected chi connectivity index (χ2v) is 9.54. The Labute approximate surface area is 163 Å². The lowest BCUT2D eigenvalue weighted by Gasteiger charge is -2.23. The zero-order valence-electron chi connectivity index (χ0n) is 14.8. The van der Waals surface area contributed by atoms with Crippen molar-refractivity contribution >= 4 is 38.3 Å². The molecule has 2 aromatic heterocycles. The fourth-order valence-electron chi connectivity index (χ4n) is 2.54. The molecule has 1 aromatic carbocycles. The number of benzene rings is 1. The molecule has 0 saturated heterocycles. The second kappa shape index (κ2) is 7.68. The number of nitrogens with zero attached hydrogens (tertiary/aromatic N) is 1. The van der Waals surface area contributed by atoms with Crippen LogP contribution >= 0.6 is 15.9 Å². The minimum Gasteiger partial charge on any atom is -0.598 e. The van der Waals surface area contributed by atoms with Crippen LogP contribution in [-0.2, 0) is 23.2 Å². The van der Waals surface area contributed by atoms with Gasteiger partial charge in [-0.3, -0.25) is 4.98 Å². The highest BCUT2D eigenvalue weighted by Crippen LogP contribution is 2.30. The number of alkyl halides is 1. The molecule has 138 valence electrons. The molecule has 0 bridgehead atoms. The SMILES string of the molecule is CC(C)(C)[S+]([O-])NCc1nccc(-c2ccc3occ(CBr)c3c2)c1F. The molecule has 1 atom stereocenters. The number of hydrogen-bond donors (Lipinski definition) is 1. The molecule has 0 radical (unpaired) electrons. The van der Waals surface area contributed by atoms with Crippen molar-refractivity contribution in [2.45, 2.75) is 37.4 Å². The maximum absolute atomic E-state index is 15.0. The third kappa shape index (κ3) is 3.96. The first-order valence-corrected chi connectivity index (χ1v) is 10.4. The van der Waals surface area contributed by atoms with Crippen LogP contribution in [0.5, 0.6) is 0 Å². The summed E-state index contributed by atoms with van der Waals surface area (Å²) in [5.74, 6) is -0.408. The maximum atomic E-state index is 15.0. The number of aromatic nitrogens is 1. The van der Waals surface area contributed by atoms with Crippen molar-refractivity contribution in [1.82, 2.24) is 9.71 Å². The molecule has 3 aromatic rings. The Morgan fingerprint density at radius 1 is 1.31 bits per heavy atom.